The van der Waals surface area contributed by atoms with Gasteiger partial charge in [0, 0.05) is 19.7 Å². The van der Waals surface area contributed by atoms with Gasteiger partial charge in [0.05, 0.1) is 6.61 Å². The zero-order chi connectivity index (χ0) is 20.8. The fourth-order valence-electron chi connectivity index (χ4n) is 2.75. The summed E-state index contributed by atoms with van der Waals surface area (Å²) >= 11 is 5.10. The molecule has 1 fully saturated rings. The molecule has 8 heteroatoms. The molecule has 2 amide bonds. The molecule has 0 aromatic heterocycles. The highest BCUT2D eigenvalue weighted by Gasteiger charge is 2.35. The normalized spacial score (nSPS) is 14.1. The van der Waals surface area contributed by atoms with Crippen LogP contribution in [0.4, 0.5) is 0 Å². The standard InChI is InChI=1S/C20H21N3O4S/c1-5-7-14-10-13(12-16(26-6-2)17(14)27-9-8-21)11-15-18(24)22(3)20(28)23(4)19(15)25/h5,10-12H,1,6-7,9H2,2-4H3. The Hall–Kier alpha value is -3.18. The summed E-state index contributed by atoms with van der Waals surface area (Å²) in [5.74, 6) is -0.0682. The number of hydrogen-bond donors (Lipinski definition) is 0. The number of carbonyl (C=O) groups is 2. The largest absolute Gasteiger partial charge is 0.490 e. The van der Waals surface area contributed by atoms with Crippen LogP contribution in [0.2, 0.25) is 0 Å². The van der Waals surface area contributed by atoms with Gasteiger partial charge in [0.15, 0.2) is 23.2 Å². The number of amides is 2. The van der Waals surface area contributed by atoms with Gasteiger partial charge >= 0.3 is 0 Å². The maximum absolute atomic E-state index is 12.5. The number of hydrogen-bond acceptors (Lipinski definition) is 6. The number of thiocarbonyl (C=S) groups is 1. The van der Waals surface area contributed by atoms with E-state index < -0.39 is 11.8 Å². The Morgan fingerprint density at radius 2 is 1.86 bits per heavy atom. The summed E-state index contributed by atoms with van der Waals surface area (Å²) in [6.45, 7) is 5.82. The van der Waals surface area contributed by atoms with Crippen LogP contribution in [0, 0.1) is 11.3 Å². The summed E-state index contributed by atoms with van der Waals surface area (Å²) in [4.78, 5) is 27.6. The van der Waals surface area contributed by atoms with Gasteiger partial charge in [0.25, 0.3) is 11.8 Å². The Bertz CT molecular complexity index is 875. The number of carbonyl (C=O) groups excluding carboxylic acids is 2. The summed E-state index contributed by atoms with van der Waals surface area (Å²) in [6.07, 6.45) is 3.66. The second-order valence-corrected chi connectivity index (χ2v) is 6.31. The molecule has 0 saturated carbocycles. The molecule has 1 aliphatic heterocycles. The molecule has 0 unspecified atom stereocenters. The van der Waals surface area contributed by atoms with Crippen LogP contribution in [0.5, 0.6) is 11.5 Å². The molecule has 0 bridgehead atoms. The minimum Gasteiger partial charge on any atom is -0.490 e. The second-order valence-electron chi connectivity index (χ2n) is 5.95. The average molecular weight is 399 g/mol. The Morgan fingerprint density at radius 1 is 1.21 bits per heavy atom. The number of allylic oxidation sites excluding steroid dienone is 1. The Balaban J connectivity index is 2.58. The third-order valence-corrected chi connectivity index (χ3v) is 4.60. The van der Waals surface area contributed by atoms with Crippen LogP contribution < -0.4 is 9.47 Å². The van der Waals surface area contributed by atoms with Gasteiger partial charge in [0.1, 0.15) is 11.6 Å². The van der Waals surface area contributed by atoms with Crippen LogP contribution in [0.15, 0.2) is 30.4 Å². The van der Waals surface area contributed by atoms with Crippen molar-refractivity contribution in [3.05, 3.63) is 41.5 Å². The van der Waals surface area contributed by atoms with E-state index in [1.54, 1.807) is 18.2 Å². The van der Waals surface area contributed by atoms with Gasteiger partial charge in [-0.15, -0.1) is 6.58 Å². The first-order valence-corrected chi connectivity index (χ1v) is 8.98. The molecule has 1 aromatic rings. The van der Waals surface area contributed by atoms with E-state index in [-0.39, 0.29) is 17.3 Å². The topological polar surface area (TPSA) is 82.9 Å². The highest BCUT2D eigenvalue weighted by molar-refractivity contribution is 7.80. The van der Waals surface area contributed by atoms with Crippen LogP contribution in [-0.4, -0.2) is 54.0 Å². The highest BCUT2D eigenvalue weighted by atomic mass is 32.1. The van der Waals surface area contributed by atoms with Gasteiger partial charge in [-0.25, -0.2) is 0 Å². The predicted molar refractivity (Wildman–Crippen MR) is 109 cm³/mol. The lowest BCUT2D eigenvalue weighted by Gasteiger charge is -2.31. The summed E-state index contributed by atoms with van der Waals surface area (Å²) < 4.78 is 11.2. The van der Waals surface area contributed by atoms with Gasteiger partial charge in [-0.2, -0.15) is 5.26 Å². The molecule has 146 valence electrons. The van der Waals surface area contributed by atoms with Crippen molar-refractivity contribution in [3.63, 3.8) is 0 Å². The fourth-order valence-corrected chi connectivity index (χ4v) is 2.91. The van der Waals surface area contributed by atoms with Gasteiger partial charge in [-0.05, 0) is 49.3 Å². The summed E-state index contributed by atoms with van der Waals surface area (Å²) in [7, 11) is 3.05. The molecule has 1 aromatic carbocycles. The van der Waals surface area contributed by atoms with E-state index in [0.29, 0.717) is 30.1 Å². The van der Waals surface area contributed by atoms with Gasteiger partial charge in [-0.1, -0.05) is 6.08 Å². The van der Waals surface area contributed by atoms with E-state index in [0.717, 1.165) is 5.56 Å². The number of benzene rings is 1. The quantitative estimate of drug-likeness (QED) is 0.303. The molecule has 0 atom stereocenters. The number of likely N-dealkylation sites (N-methyl/N-ethyl adjacent to an activating group) is 2. The van der Waals surface area contributed by atoms with Gasteiger partial charge in [0.2, 0.25) is 0 Å². The minimum absolute atomic E-state index is 0.00343. The zero-order valence-electron chi connectivity index (χ0n) is 16.0. The highest BCUT2D eigenvalue weighted by Crippen LogP contribution is 2.35. The maximum atomic E-state index is 12.5. The molecule has 1 aliphatic rings. The first-order valence-electron chi connectivity index (χ1n) is 8.57. The summed E-state index contributed by atoms with van der Waals surface area (Å²) in [6, 6.07) is 5.38. The van der Waals surface area contributed by atoms with E-state index in [9.17, 15) is 9.59 Å². The average Bonchev–Trinajstić information content (AvgIpc) is 2.68. The predicted octanol–water partition coefficient (Wildman–Crippen LogP) is 2.31. The SMILES string of the molecule is C=CCc1cc(C=C2C(=O)N(C)C(=S)N(C)C2=O)cc(OCC)c1OCC#N. The molecule has 1 saturated heterocycles. The van der Waals surface area contributed by atoms with E-state index in [4.69, 9.17) is 27.0 Å². The molecule has 2 rings (SSSR count). The molecular formula is C20H21N3O4S. The van der Waals surface area contributed by atoms with Crippen LogP contribution in [0.3, 0.4) is 0 Å². The second kappa shape index (κ2) is 9.15. The number of nitriles is 1. The first kappa shape index (κ1) is 21.1. The summed E-state index contributed by atoms with van der Waals surface area (Å²) in [5.41, 5.74) is 1.32. The van der Waals surface area contributed by atoms with Crippen molar-refractivity contribution in [2.45, 2.75) is 13.3 Å². The molecule has 0 radical (unpaired) electrons. The van der Waals surface area contributed by atoms with E-state index in [2.05, 4.69) is 6.58 Å². The van der Waals surface area contributed by atoms with Crippen LogP contribution >= 0.6 is 12.2 Å². The number of ether oxygens (including phenoxy) is 2. The molecule has 0 N–H and O–H groups in total. The van der Waals surface area contributed by atoms with Crippen molar-refractivity contribution in [1.29, 1.82) is 5.26 Å². The molecule has 28 heavy (non-hydrogen) atoms. The summed E-state index contributed by atoms with van der Waals surface area (Å²) in [5, 5.41) is 8.98. The third kappa shape index (κ3) is 4.21. The molecule has 7 nitrogen and oxygen atoms in total. The lowest BCUT2D eigenvalue weighted by atomic mass is 10.0. The lowest BCUT2D eigenvalue weighted by Crippen LogP contribution is -2.52. The molecule has 0 aliphatic carbocycles. The van der Waals surface area contributed by atoms with E-state index >= 15 is 0 Å². The van der Waals surface area contributed by atoms with E-state index in [1.807, 2.05) is 13.0 Å². The molecule has 0 spiro atoms. The van der Waals surface area contributed by atoms with E-state index in [1.165, 1.54) is 30.0 Å². The van der Waals surface area contributed by atoms with Gasteiger partial charge < -0.3 is 9.47 Å². The van der Waals surface area contributed by atoms with Crippen molar-refractivity contribution >= 4 is 35.2 Å². The van der Waals surface area contributed by atoms with Crippen LogP contribution in [0.25, 0.3) is 6.08 Å². The maximum Gasteiger partial charge on any atom is 0.265 e. The van der Waals surface area contributed by atoms with Crippen molar-refractivity contribution < 1.29 is 19.1 Å². The van der Waals surface area contributed by atoms with Crippen molar-refractivity contribution in [3.8, 4) is 17.6 Å². The van der Waals surface area contributed by atoms with Crippen LogP contribution in [-0.2, 0) is 16.0 Å². The van der Waals surface area contributed by atoms with Crippen molar-refractivity contribution in [1.82, 2.24) is 9.80 Å². The Morgan fingerprint density at radius 3 is 2.39 bits per heavy atom. The first-order chi connectivity index (χ1) is 13.3. The van der Waals surface area contributed by atoms with Gasteiger partial charge in [-0.3, -0.25) is 19.4 Å². The number of nitrogens with zero attached hydrogens (tertiary/aromatic N) is 3. The Labute approximate surface area is 169 Å². The van der Waals surface area contributed by atoms with Crippen LogP contribution in [0.1, 0.15) is 18.1 Å². The minimum atomic E-state index is -0.471. The molecular weight excluding hydrogens is 378 g/mol. The smallest absolute Gasteiger partial charge is 0.265 e. The Kier molecular flexibility index (Phi) is 6.90. The molecule has 1 heterocycles. The van der Waals surface area contributed by atoms with Crippen molar-refractivity contribution in [2.75, 3.05) is 27.3 Å². The zero-order valence-corrected chi connectivity index (χ0v) is 16.8. The lowest BCUT2D eigenvalue weighted by molar-refractivity contribution is -0.132. The fraction of sp³-hybridized carbons (Fsp3) is 0.300. The van der Waals surface area contributed by atoms with Crippen molar-refractivity contribution in [2.24, 2.45) is 0 Å². The third-order valence-electron chi connectivity index (χ3n) is 4.05. The monoisotopic (exact) mass is 399 g/mol. The number of rotatable bonds is 7.